The average molecular weight is 657 g/mol. The van der Waals surface area contributed by atoms with Crippen molar-refractivity contribution in [2.75, 3.05) is 39.8 Å². The quantitative estimate of drug-likeness (QED) is 0.231. The molecule has 0 spiro atoms. The van der Waals surface area contributed by atoms with E-state index in [1.54, 1.807) is 12.1 Å². The largest absolute Gasteiger partial charge is 0.489 e. The number of aromatic nitrogens is 1. The van der Waals surface area contributed by atoms with Crippen molar-refractivity contribution in [3.8, 4) is 5.75 Å². The summed E-state index contributed by atoms with van der Waals surface area (Å²) in [6.07, 6.45) is -4.39. The Bertz CT molecular complexity index is 1760. The number of hydrogen-bond donors (Lipinski definition) is 1. The number of sulfonamides is 1. The van der Waals surface area contributed by atoms with E-state index in [4.69, 9.17) is 9.47 Å². The van der Waals surface area contributed by atoms with Gasteiger partial charge in [0.1, 0.15) is 18.4 Å². The van der Waals surface area contributed by atoms with Crippen LogP contribution in [0.3, 0.4) is 0 Å². The zero-order chi connectivity index (χ0) is 32.9. The van der Waals surface area contributed by atoms with Gasteiger partial charge in [0.15, 0.2) is 0 Å². The first-order chi connectivity index (χ1) is 21.9. The molecule has 1 N–H and O–H groups in total. The van der Waals surface area contributed by atoms with Crippen LogP contribution in [0.2, 0.25) is 0 Å². The van der Waals surface area contributed by atoms with Crippen LogP contribution in [0.5, 0.6) is 5.75 Å². The number of aryl methyl sites for hydroxylation is 1. The van der Waals surface area contributed by atoms with Crippen molar-refractivity contribution in [2.45, 2.75) is 37.2 Å². The van der Waals surface area contributed by atoms with Crippen molar-refractivity contribution >= 4 is 26.9 Å². The molecule has 0 radical (unpaired) electrons. The Kier molecular flexibility index (Phi) is 10.3. The second-order valence-corrected chi connectivity index (χ2v) is 12.9. The summed E-state index contributed by atoms with van der Waals surface area (Å²) in [6, 6.07) is 20.0. The highest BCUT2D eigenvalue weighted by atomic mass is 32.2. The number of ether oxygens (including phenoxy) is 2. The minimum Gasteiger partial charge on any atom is -0.489 e. The SMILES string of the molecule is COC(=O)C(CNS(=O)(=O)c1ccc(OCc2cc(C)nc3ccccc23)cc1)N1CCN(Cc2ccc(C(F)(F)F)cc2)CC1. The molecule has 1 atom stereocenters. The maximum atomic E-state index is 13.1. The molecule has 2 heterocycles. The predicted octanol–water partition coefficient (Wildman–Crippen LogP) is 4.78. The first-order valence-electron chi connectivity index (χ1n) is 14.7. The number of rotatable bonds is 11. The number of carbonyl (C=O) groups is 1. The molecule has 4 aromatic rings. The Balaban J connectivity index is 1.15. The molecular formula is C33H35F3N4O5S. The van der Waals surface area contributed by atoms with Crippen LogP contribution in [-0.2, 0) is 38.9 Å². The minimum atomic E-state index is -4.39. The summed E-state index contributed by atoms with van der Waals surface area (Å²) < 4.78 is 78.3. The van der Waals surface area contributed by atoms with Gasteiger partial charge in [0.2, 0.25) is 10.0 Å². The second kappa shape index (κ2) is 14.2. The molecule has 1 aliphatic rings. The summed E-state index contributed by atoms with van der Waals surface area (Å²) in [5.74, 6) is -0.0689. The van der Waals surface area contributed by atoms with E-state index in [2.05, 4.69) is 14.6 Å². The number of alkyl halides is 3. The molecule has 1 fully saturated rings. The topological polar surface area (TPSA) is 101 Å². The van der Waals surface area contributed by atoms with Gasteiger partial charge in [-0.15, -0.1) is 0 Å². The molecule has 1 aliphatic heterocycles. The summed E-state index contributed by atoms with van der Waals surface area (Å²) in [5, 5.41) is 0.984. The lowest BCUT2D eigenvalue weighted by Crippen LogP contribution is -2.56. The Morgan fingerprint density at radius 1 is 0.978 bits per heavy atom. The fourth-order valence-electron chi connectivity index (χ4n) is 5.45. The molecule has 9 nitrogen and oxygen atoms in total. The molecule has 13 heteroatoms. The number of hydrogen-bond acceptors (Lipinski definition) is 8. The Morgan fingerprint density at radius 2 is 1.65 bits per heavy atom. The fraction of sp³-hybridized carbons (Fsp3) is 0.333. The number of esters is 1. The number of pyridine rings is 1. The number of halogens is 3. The van der Waals surface area contributed by atoms with Crippen molar-refractivity contribution in [2.24, 2.45) is 0 Å². The fourth-order valence-corrected chi connectivity index (χ4v) is 6.49. The molecule has 244 valence electrons. The van der Waals surface area contributed by atoms with E-state index in [-0.39, 0.29) is 18.0 Å². The third kappa shape index (κ3) is 8.21. The predicted molar refractivity (Wildman–Crippen MR) is 167 cm³/mol. The molecule has 1 saturated heterocycles. The number of nitrogens with one attached hydrogen (secondary N) is 1. The van der Waals surface area contributed by atoms with Crippen LogP contribution in [0.15, 0.2) is 83.8 Å². The highest BCUT2D eigenvalue weighted by Crippen LogP contribution is 2.29. The zero-order valence-electron chi connectivity index (χ0n) is 25.5. The van der Waals surface area contributed by atoms with Gasteiger partial charge in [-0.3, -0.25) is 19.6 Å². The van der Waals surface area contributed by atoms with Crippen LogP contribution in [0.4, 0.5) is 13.2 Å². The minimum absolute atomic E-state index is 0.0232. The number of methoxy groups -OCH3 is 1. The van der Waals surface area contributed by atoms with Crippen LogP contribution in [0.1, 0.15) is 22.4 Å². The Morgan fingerprint density at radius 3 is 2.30 bits per heavy atom. The third-order valence-electron chi connectivity index (χ3n) is 7.93. The second-order valence-electron chi connectivity index (χ2n) is 11.1. The van der Waals surface area contributed by atoms with E-state index in [1.807, 2.05) is 42.2 Å². The molecule has 0 amide bonds. The van der Waals surface area contributed by atoms with Gasteiger partial charge in [-0.2, -0.15) is 13.2 Å². The average Bonchev–Trinajstić information content (AvgIpc) is 3.04. The maximum absolute atomic E-state index is 13.1. The number of para-hydroxylation sites is 1. The number of piperazine rings is 1. The standard InChI is InChI=1S/C33H35F3N4O5S/c1-23-19-25(29-5-3-4-6-30(29)38-23)22-45-27-11-13-28(14-12-27)46(42,43)37-20-31(32(41)44-2)40-17-15-39(16-18-40)21-24-7-9-26(10-8-24)33(34,35)36/h3-14,19,31,37H,15-18,20-22H2,1-2H3. The normalized spacial score (nSPS) is 15.5. The number of carbonyl (C=O) groups excluding carboxylic acids is 1. The summed E-state index contributed by atoms with van der Waals surface area (Å²) in [7, 11) is -2.71. The van der Waals surface area contributed by atoms with Crippen molar-refractivity contribution in [1.29, 1.82) is 0 Å². The van der Waals surface area contributed by atoms with Gasteiger partial charge in [-0.05, 0) is 61.0 Å². The lowest BCUT2D eigenvalue weighted by atomic mass is 10.1. The number of fused-ring (bicyclic) bond motifs is 1. The third-order valence-corrected chi connectivity index (χ3v) is 9.37. The summed E-state index contributed by atoms with van der Waals surface area (Å²) >= 11 is 0. The van der Waals surface area contributed by atoms with Crippen LogP contribution < -0.4 is 9.46 Å². The van der Waals surface area contributed by atoms with Crippen LogP contribution in [0.25, 0.3) is 10.9 Å². The summed E-state index contributed by atoms with van der Waals surface area (Å²) in [4.78, 5) is 21.1. The van der Waals surface area contributed by atoms with Gasteiger partial charge in [0.05, 0.1) is 23.1 Å². The highest BCUT2D eigenvalue weighted by Gasteiger charge is 2.32. The van der Waals surface area contributed by atoms with Crippen LogP contribution in [-0.4, -0.2) is 75.0 Å². The number of nitrogens with zero attached hydrogens (tertiary/aromatic N) is 3. The number of benzene rings is 3. The van der Waals surface area contributed by atoms with E-state index in [9.17, 15) is 26.4 Å². The van der Waals surface area contributed by atoms with Crippen LogP contribution in [0, 0.1) is 6.92 Å². The Labute approximate surface area is 266 Å². The van der Waals surface area contributed by atoms with E-state index in [0.29, 0.717) is 38.5 Å². The van der Waals surface area contributed by atoms with E-state index in [0.717, 1.165) is 39.9 Å². The lowest BCUT2D eigenvalue weighted by Gasteiger charge is -2.38. The van der Waals surface area contributed by atoms with Gasteiger partial charge in [0.25, 0.3) is 0 Å². The van der Waals surface area contributed by atoms with Crippen molar-refractivity contribution < 1.29 is 35.9 Å². The zero-order valence-corrected chi connectivity index (χ0v) is 26.3. The van der Waals surface area contributed by atoms with Crippen molar-refractivity contribution in [1.82, 2.24) is 19.5 Å². The van der Waals surface area contributed by atoms with E-state index in [1.165, 1.54) is 31.4 Å². The van der Waals surface area contributed by atoms with Gasteiger partial charge >= 0.3 is 12.1 Å². The summed E-state index contributed by atoms with van der Waals surface area (Å²) in [6.45, 7) is 4.43. The molecule has 5 rings (SSSR count). The molecule has 3 aromatic carbocycles. The monoisotopic (exact) mass is 656 g/mol. The van der Waals surface area contributed by atoms with Gasteiger partial charge in [0, 0.05) is 55.9 Å². The molecule has 0 aliphatic carbocycles. The molecule has 0 bridgehead atoms. The first kappa shape index (κ1) is 33.3. The summed E-state index contributed by atoms with van der Waals surface area (Å²) in [5.41, 5.74) is 2.76. The molecule has 0 saturated carbocycles. The smallest absolute Gasteiger partial charge is 0.416 e. The van der Waals surface area contributed by atoms with Gasteiger partial charge in [-0.25, -0.2) is 13.1 Å². The molecule has 1 aromatic heterocycles. The molecule has 46 heavy (non-hydrogen) atoms. The maximum Gasteiger partial charge on any atom is 0.416 e. The van der Waals surface area contributed by atoms with Crippen LogP contribution >= 0.6 is 0 Å². The van der Waals surface area contributed by atoms with E-state index < -0.39 is 33.8 Å². The molecule has 1 unspecified atom stereocenters. The van der Waals surface area contributed by atoms with Gasteiger partial charge in [-0.1, -0.05) is 30.3 Å². The van der Waals surface area contributed by atoms with E-state index >= 15 is 0 Å². The Hall–Kier alpha value is -4.04. The highest BCUT2D eigenvalue weighted by molar-refractivity contribution is 7.89. The van der Waals surface area contributed by atoms with Crippen molar-refractivity contribution in [3.05, 3.63) is 101 Å². The first-order valence-corrected chi connectivity index (χ1v) is 16.2. The lowest BCUT2D eigenvalue weighted by molar-refractivity contribution is -0.147. The van der Waals surface area contributed by atoms with Gasteiger partial charge < -0.3 is 9.47 Å². The van der Waals surface area contributed by atoms with Crippen molar-refractivity contribution in [3.63, 3.8) is 0 Å². The molecular weight excluding hydrogens is 621 g/mol.